The Hall–Kier alpha value is -0.910. The van der Waals surface area contributed by atoms with Crippen LogP contribution >= 0.6 is 11.3 Å². The van der Waals surface area contributed by atoms with Gasteiger partial charge in [-0.2, -0.15) is 0 Å². The van der Waals surface area contributed by atoms with Crippen molar-refractivity contribution in [1.82, 2.24) is 5.32 Å². The van der Waals surface area contributed by atoms with Crippen LogP contribution in [0.25, 0.3) is 0 Å². The number of hydrogen-bond donors (Lipinski definition) is 2. The van der Waals surface area contributed by atoms with E-state index in [-0.39, 0.29) is 18.6 Å². The molecule has 0 fully saturated rings. The van der Waals surface area contributed by atoms with Gasteiger partial charge >= 0.3 is 5.97 Å². The molecule has 0 saturated heterocycles. The molecule has 102 valence electrons. The highest BCUT2D eigenvalue weighted by Crippen LogP contribution is 2.17. The molecule has 1 rings (SSSR count). The Kier molecular flexibility index (Phi) is 6.32. The number of hydrogen-bond acceptors (Lipinski definition) is 5. The van der Waals surface area contributed by atoms with Crippen LogP contribution in [0.3, 0.4) is 0 Å². The second kappa shape index (κ2) is 7.51. The van der Waals surface area contributed by atoms with E-state index in [1.807, 2.05) is 12.1 Å². The lowest BCUT2D eigenvalue weighted by molar-refractivity contribution is -0.139. The maximum absolute atomic E-state index is 11.1. The van der Waals surface area contributed by atoms with E-state index >= 15 is 0 Å². The molecule has 0 aliphatic rings. The molecule has 1 aromatic heterocycles. The third kappa shape index (κ3) is 4.76. The van der Waals surface area contributed by atoms with Gasteiger partial charge in [0.05, 0.1) is 20.1 Å². The summed E-state index contributed by atoms with van der Waals surface area (Å²) in [5.41, 5.74) is 0. The van der Waals surface area contributed by atoms with Gasteiger partial charge in [-0.15, -0.1) is 11.3 Å². The minimum Gasteiger partial charge on any atom is -0.469 e. The van der Waals surface area contributed by atoms with Gasteiger partial charge in [0.1, 0.15) is 0 Å². The van der Waals surface area contributed by atoms with Crippen LogP contribution in [0.5, 0.6) is 0 Å². The van der Waals surface area contributed by atoms with Crippen molar-refractivity contribution in [1.29, 1.82) is 0 Å². The first kappa shape index (κ1) is 15.1. The Labute approximate surface area is 112 Å². The molecule has 0 amide bonds. The number of rotatable bonds is 7. The molecule has 0 aromatic carbocycles. The smallest absolute Gasteiger partial charge is 0.310 e. The van der Waals surface area contributed by atoms with Crippen LogP contribution in [0, 0.1) is 5.92 Å². The Bertz CT molecular complexity index is 376. The van der Waals surface area contributed by atoms with Crippen LogP contribution in [-0.4, -0.2) is 30.8 Å². The quantitative estimate of drug-likeness (QED) is 0.739. The van der Waals surface area contributed by atoms with Gasteiger partial charge in [-0.25, -0.2) is 0 Å². The summed E-state index contributed by atoms with van der Waals surface area (Å²) in [6, 6.07) is 4.06. The summed E-state index contributed by atoms with van der Waals surface area (Å²) in [4.78, 5) is 13.3. The van der Waals surface area contributed by atoms with E-state index in [0.29, 0.717) is 12.3 Å². The van der Waals surface area contributed by atoms with Crippen LogP contribution < -0.4 is 5.32 Å². The number of thiophene rings is 1. The monoisotopic (exact) mass is 271 g/mol. The van der Waals surface area contributed by atoms with Crippen molar-refractivity contribution in [2.75, 3.05) is 13.7 Å². The van der Waals surface area contributed by atoms with Crippen molar-refractivity contribution in [2.45, 2.75) is 32.9 Å². The fourth-order valence-corrected chi connectivity index (χ4v) is 2.52. The van der Waals surface area contributed by atoms with Gasteiger partial charge in [0, 0.05) is 22.3 Å². The van der Waals surface area contributed by atoms with Gasteiger partial charge in [-0.3, -0.25) is 4.79 Å². The number of carbonyl (C=O) groups excluding carboxylic acids is 1. The number of ether oxygens (including phenoxy) is 1. The van der Waals surface area contributed by atoms with Crippen LogP contribution in [0.2, 0.25) is 0 Å². The molecule has 0 aliphatic heterocycles. The molecule has 1 atom stereocenters. The van der Waals surface area contributed by atoms with Gasteiger partial charge in [-0.05, 0) is 18.1 Å². The Morgan fingerprint density at radius 3 is 2.67 bits per heavy atom. The summed E-state index contributed by atoms with van der Waals surface area (Å²) in [6.07, 6.45) is 0.328. The average Bonchev–Trinajstić information content (AvgIpc) is 2.77. The van der Waals surface area contributed by atoms with Crippen LogP contribution in [0.15, 0.2) is 12.1 Å². The maximum atomic E-state index is 11.1. The van der Waals surface area contributed by atoms with Crippen molar-refractivity contribution in [3.63, 3.8) is 0 Å². The van der Waals surface area contributed by atoms with Crippen molar-refractivity contribution in [3.8, 4) is 0 Å². The molecule has 2 N–H and O–H groups in total. The molecule has 1 aromatic rings. The molecule has 1 unspecified atom stereocenters. The molecule has 0 saturated carbocycles. The second-order valence-electron chi connectivity index (χ2n) is 4.53. The highest BCUT2D eigenvalue weighted by molar-refractivity contribution is 7.12. The first-order valence-electron chi connectivity index (χ1n) is 6.05. The first-order chi connectivity index (χ1) is 8.56. The summed E-state index contributed by atoms with van der Waals surface area (Å²) in [5.74, 6) is 0.177. The van der Waals surface area contributed by atoms with E-state index in [9.17, 15) is 9.90 Å². The minimum absolute atomic E-state index is 0.108. The number of aliphatic hydroxyl groups excluding tert-OH is 1. The molecule has 0 radical (unpaired) electrons. The van der Waals surface area contributed by atoms with Crippen LogP contribution in [0.4, 0.5) is 0 Å². The predicted octanol–water partition coefficient (Wildman–Crippen LogP) is 1.57. The van der Waals surface area contributed by atoms with E-state index in [4.69, 9.17) is 0 Å². The van der Waals surface area contributed by atoms with Gasteiger partial charge in [0.25, 0.3) is 0 Å². The Balaban J connectivity index is 2.46. The van der Waals surface area contributed by atoms with Crippen LogP contribution in [0.1, 0.15) is 23.6 Å². The van der Waals surface area contributed by atoms with Crippen molar-refractivity contribution < 1.29 is 14.6 Å². The largest absolute Gasteiger partial charge is 0.469 e. The van der Waals surface area contributed by atoms with Crippen molar-refractivity contribution >= 4 is 17.3 Å². The number of aliphatic hydroxyl groups is 1. The van der Waals surface area contributed by atoms with E-state index in [1.165, 1.54) is 7.11 Å². The summed E-state index contributed by atoms with van der Waals surface area (Å²) in [5, 5.41) is 12.5. The molecule has 18 heavy (non-hydrogen) atoms. The number of methoxy groups -OCH3 is 1. The standard InChI is InChI=1S/C13H21NO3S/c1-9(2)12(8-15)14-7-11-5-4-10(18-11)6-13(16)17-3/h4-5,9,12,14-15H,6-8H2,1-3H3. The van der Waals surface area contributed by atoms with Gasteiger partial charge < -0.3 is 15.2 Å². The number of nitrogens with one attached hydrogen (secondary N) is 1. The third-order valence-electron chi connectivity index (χ3n) is 2.80. The van der Waals surface area contributed by atoms with Crippen molar-refractivity contribution in [3.05, 3.63) is 21.9 Å². The van der Waals surface area contributed by atoms with Gasteiger partial charge in [0.15, 0.2) is 0 Å². The highest BCUT2D eigenvalue weighted by Gasteiger charge is 2.12. The van der Waals surface area contributed by atoms with Crippen LogP contribution in [-0.2, 0) is 22.5 Å². The van der Waals surface area contributed by atoms with E-state index in [1.54, 1.807) is 11.3 Å². The number of carbonyl (C=O) groups is 1. The molecular formula is C13H21NO3S. The Morgan fingerprint density at radius 2 is 2.11 bits per heavy atom. The summed E-state index contributed by atoms with van der Waals surface area (Å²) >= 11 is 1.60. The summed E-state index contributed by atoms with van der Waals surface area (Å²) in [6.45, 7) is 5.00. The zero-order chi connectivity index (χ0) is 13.5. The molecule has 0 aliphatic carbocycles. The third-order valence-corrected chi connectivity index (χ3v) is 3.89. The van der Waals surface area contributed by atoms with Crippen molar-refractivity contribution in [2.24, 2.45) is 5.92 Å². The van der Waals surface area contributed by atoms with E-state index < -0.39 is 0 Å². The number of esters is 1. The Morgan fingerprint density at radius 1 is 1.44 bits per heavy atom. The molecule has 5 heteroatoms. The average molecular weight is 271 g/mol. The van der Waals surface area contributed by atoms with E-state index in [0.717, 1.165) is 16.3 Å². The van der Waals surface area contributed by atoms with E-state index in [2.05, 4.69) is 23.9 Å². The molecular weight excluding hydrogens is 250 g/mol. The van der Waals surface area contributed by atoms with Gasteiger partial charge in [-0.1, -0.05) is 13.8 Å². The zero-order valence-corrected chi connectivity index (χ0v) is 11.9. The molecule has 0 bridgehead atoms. The van der Waals surface area contributed by atoms with Gasteiger partial charge in [0.2, 0.25) is 0 Å². The molecule has 1 heterocycles. The highest BCUT2D eigenvalue weighted by atomic mass is 32.1. The molecule has 0 spiro atoms. The topological polar surface area (TPSA) is 58.6 Å². The fourth-order valence-electron chi connectivity index (χ4n) is 1.57. The lowest BCUT2D eigenvalue weighted by Gasteiger charge is -2.19. The second-order valence-corrected chi connectivity index (χ2v) is 5.79. The maximum Gasteiger partial charge on any atom is 0.310 e. The molecule has 4 nitrogen and oxygen atoms in total. The lowest BCUT2D eigenvalue weighted by Crippen LogP contribution is -2.36. The fraction of sp³-hybridized carbons (Fsp3) is 0.615. The lowest BCUT2D eigenvalue weighted by atomic mass is 10.1. The minimum atomic E-state index is -0.216. The predicted molar refractivity (Wildman–Crippen MR) is 72.6 cm³/mol. The zero-order valence-electron chi connectivity index (χ0n) is 11.1. The summed E-state index contributed by atoms with van der Waals surface area (Å²) in [7, 11) is 1.40. The summed E-state index contributed by atoms with van der Waals surface area (Å²) < 4.78 is 4.63. The first-order valence-corrected chi connectivity index (χ1v) is 6.87. The SMILES string of the molecule is COC(=O)Cc1ccc(CNC(CO)C(C)C)s1. The normalized spacial score (nSPS) is 12.7.